The molecule has 1 aromatic carbocycles. The van der Waals surface area contributed by atoms with Crippen molar-refractivity contribution in [3.05, 3.63) is 39.2 Å². The average molecular weight is 227 g/mol. The van der Waals surface area contributed by atoms with Crippen LogP contribution in [-0.4, -0.2) is 18.0 Å². The molecule has 1 rings (SSSR count). The molecule has 0 bridgehead atoms. The molecule has 0 aliphatic carbocycles. The fourth-order valence-electron chi connectivity index (χ4n) is 1.24. The minimum Gasteiger partial charge on any atom is -0.469 e. The van der Waals surface area contributed by atoms with Gasteiger partial charge in [-0.2, -0.15) is 0 Å². The molecule has 0 amide bonds. The first kappa shape index (κ1) is 12.1. The van der Waals surface area contributed by atoms with Crippen LogP contribution in [0.4, 0.5) is 10.1 Å². The van der Waals surface area contributed by atoms with Gasteiger partial charge in [-0.25, -0.2) is 4.39 Å². The molecule has 0 aliphatic heterocycles. The summed E-state index contributed by atoms with van der Waals surface area (Å²) in [6.07, 6.45) is -0.180. The van der Waals surface area contributed by atoms with Gasteiger partial charge in [0.15, 0.2) is 0 Å². The summed E-state index contributed by atoms with van der Waals surface area (Å²) in [5.41, 5.74) is 0.108. The number of benzene rings is 1. The van der Waals surface area contributed by atoms with Gasteiger partial charge >= 0.3 is 5.97 Å². The lowest BCUT2D eigenvalue weighted by Gasteiger charge is -2.05. The second-order valence-electron chi connectivity index (χ2n) is 3.22. The SMILES string of the molecule is COC(=O)Cc1cc([N+](=O)[O-])cc(F)c1C. The molecule has 0 saturated carbocycles. The van der Waals surface area contributed by atoms with Crippen molar-refractivity contribution in [2.45, 2.75) is 13.3 Å². The van der Waals surface area contributed by atoms with Crippen LogP contribution in [0.2, 0.25) is 0 Å². The molecule has 16 heavy (non-hydrogen) atoms. The molecule has 0 N–H and O–H groups in total. The van der Waals surface area contributed by atoms with Gasteiger partial charge in [-0.3, -0.25) is 14.9 Å². The molecule has 0 spiro atoms. The zero-order chi connectivity index (χ0) is 12.3. The molecule has 0 aromatic heterocycles. The van der Waals surface area contributed by atoms with Crippen molar-refractivity contribution in [2.24, 2.45) is 0 Å². The van der Waals surface area contributed by atoms with Gasteiger partial charge in [0.2, 0.25) is 0 Å². The highest BCUT2D eigenvalue weighted by atomic mass is 19.1. The van der Waals surface area contributed by atoms with E-state index in [0.29, 0.717) is 0 Å². The van der Waals surface area contributed by atoms with E-state index in [9.17, 15) is 19.3 Å². The third kappa shape index (κ3) is 2.53. The van der Waals surface area contributed by atoms with Crippen LogP contribution in [-0.2, 0) is 16.0 Å². The van der Waals surface area contributed by atoms with E-state index in [2.05, 4.69) is 4.74 Å². The van der Waals surface area contributed by atoms with Crippen LogP contribution in [0.25, 0.3) is 0 Å². The molecule has 5 nitrogen and oxygen atoms in total. The predicted molar refractivity (Wildman–Crippen MR) is 53.5 cm³/mol. The molecule has 0 radical (unpaired) electrons. The Labute approximate surface area is 91.0 Å². The van der Waals surface area contributed by atoms with Crippen LogP contribution < -0.4 is 0 Å². The summed E-state index contributed by atoms with van der Waals surface area (Å²) in [5.74, 6) is -1.27. The smallest absolute Gasteiger partial charge is 0.309 e. The van der Waals surface area contributed by atoms with Gasteiger partial charge in [-0.15, -0.1) is 0 Å². The molecule has 0 saturated heterocycles. The van der Waals surface area contributed by atoms with E-state index in [0.717, 1.165) is 6.07 Å². The van der Waals surface area contributed by atoms with Crippen molar-refractivity contribution in [3.8, 4) is 0 Å². The number of nitro benzene ring substituents is 1. The lowest BCUT2D eigenvalue weighted by Crippen LogP contribution is -2.07. The number of rotatable bonds is 3. The number of nitro groups is 1. The Morgan fingerprint density at radius 2 is 2.19 bits per heavy atom. The Kier molecular flexibility index (Phi) is 3.55. The summed E-state index contributed by atoms with van der Waals surface area (Å²) in [5, 5.41) is 10.5. The van der Waals surface area contributed by atoms with Gasteiger partial charge in [-0.1, -0.05) is 0 Å². The number of esters is 1. The normalized spacial score (nSPS) is 9.94. The molecule has 86 valence electrons. The van der Waals surface area contributed by atoms with Crippen LogP contribution in [0.15, 0.2) is 12.1 Å². The Bertz CT molecular complexity index is 445. The lowest BCUT2D eigenvalue weighted by molar-refractivity contribution is -0.385. The van der Waals surface area contributed by atoms with Gasteiger partial charge in [0.25, 0.3) is 5.69 Å². The van der Waals surface area contributed by atoms with Crippen LogP contribution in [0.1, 0.15) is 11.1 Å². The molecule has 6 heteroatoms. The quantitative estimate of drug-likeness (QED) is 0.448. The summed E-state index contributed by atoms with van der Waals surface area (Å²) < 4.78 is 17.7. The van der Waals surface area contributed by atoms with Crippen molar-refractivity contribution >= 4 is 11.7 Å². The number of hydrogen-bond acceptors (Lipinski definition) is 4. The molecule has 0 fully saturated rings. The van der Waals surface area contributed by atoms with Crippen molar-refractivity contribution in [3.63, 3.8) is 0 Å². The Morgan fingerprint density at radius 3 is 2.69 bits per heavy atom. The van der Waals surface area contributed by atoms with Crippen molar-refractivity contribution in [2.75, 3.05) is 7.11 Å². The van der Waals surface area contributed by atoms with Crippen molar-refractivity contribution in [1.82, 2.24) is 0 Å². The van der Waals surface area contributed by atoms with Gasteiger partial charge in [0, 0.05) is 6.07 Å². The number of non-ortho nitro benzene ring substituents is 1. The summed E-state index contributed by atoms with van der Waals surface area (Å²) >= 11 is 0. The zero-order valence-corrected chi connectivity index (χ0v) is 8.82. The number of carbonyl (C=O) groups excluding carboxylic acids is 1. The molecule has 0 heterocycles. The first-order valence-electron chi connectivity index (χ1n) is 4.46. The van der Waals surface area contributed by atoms with Crippen LogP contribution in [0.5, 0.6) is 0 Å². The van der Waals surface area contributed by atoms with E-state index in [1.807, 2.05) is 0 Å². The Hall–Kier alpha value is -1.98. The minimum absolute atomic E-state index is 0.180. The fraction of sp³-hybridized carbons (Fsp3) is 0.300. The highest BCUT2D eigenvalue weighted by molar-refractivity contribution is 5.73. The van der Waals surface area contributed by atoms with Crippen LogP contribution in [0.3, 0.4) is 0 Å². The van der Waals surface area contributed by atoms with E-state index >= 15 is 0 Å². The van der Waals surface area contributed by atoms with E-state index in [1.165, 1.54) is 20.1 Å². The number of methoxy groups -OCH3 is 1. The van der Waals surface area contributed by atoms with Gasteiger partial charge in [-0.05, 0) is 18.1 Å². The van der Waals surface area contributed by atoms with E-state index < -0.39 is 16.7 Å². The maximum Gasteiger partial charge on any atom is 0.309 e. The maximum atomic E-state index is 13.3. The summed E-state index contributed by atoms with van der Waals surface area (Å²) in [6.45, 7) is 1.46. The zero-order valence-electron chi connectivity index (χ0n) is 8.82. The minimum atomic E-state index is -0.705. The first-order valence-corrected chi connectivity index (χ1v) is 4.46. The Morgan fingerprint density at radius 1 is 1.56 bits per heavy atom. The number of hydrogen-bond donors (Lipinski definition) is 0. The highest BCUT2D eigenvalue weighted by Gasteiger charge is 2.16. The highest BCUT2D eigenvalue weighted by Crippen LogP contribution is 2.21. The lowest BCUT2D eigenvalue weighted by atomic mass is 10.0. The first-order chi connectivity index (χ1) is 7.45. The van der Waals surface area contributed by atoms with E-state index in [4.69, 9.17) is 0 Å². The van der Waals surface area contributed by atoms with Crippen molar-refractivity contribution < 1.29 is 18.8 Å². The summed E-state index contributed by atoms with van der Waals surface area (Å²) in [7, 11) is 1.20. The topological polar surface area (TPSA) is 69.4 Å². The van der Waals surface area contributed by atoms with Crippen molar-refractivity contribution in [1.29, 1.82) is 0 Å². The molecule has 0 atom stereocenters. The van der Waals surface area contributed by atoms with Gasteiger partial charge in [0.1, 0.15) is 5.82 Å². The number of halogens is 1. The standard InChI is InChI=1S/C10H10FNO4/c1-6-7(4-10(13)16-2)3-8(12(14)15)5-9(6)11/h3,5H,4H2,1-2H3. The van der Waals surface area contributed by atoms with Crippen LogP contribution >= 0.6 is 0 Å². The van der Waals surface area contributed by atoms with Gasteiger partial charge < -0.3 is 4.74 Å². The number of carbonyl (C=O) groups is 1. The third-order valence-electron chi connectivity index (χ3n) is 2.21. The maximum absolute atomic E-state index is 13.3. The monoisotopic (exact) mass is 227 g/mol. The third-order valence-corrected chi connectivity index (χ3v) is 2.21. The second-order valence-corrected chi connectivity index (χ2v) is 3.22. The molecule has 0 aliphatic rings. The Balaban J connectivity index is 3.16. The molecular formula is C10H10FNO4. The van der Waals surface area contributed by atoms with E-state index in [-0.39, 0.29) is 23.2 Å². The summed E-state index contributed by atoms with van der Waals surface area (Å²) in [6, 6.07) is 2.01. The number of ether oxygens (including phenoxy) is 1. The molecule has 0 unspecified atom stereocenters. The fourth-order valence-corrected chi connectivity index (χ4v) is 1.24. The predicted octanol–water partition coefficient (Wildman–Crippen LogP) is 1.76. The summed E-state index contributed by atoms with van der Waals surface area (Å²) in [4.78, 5) is 20.8. The molecule has 1 aromatic rings. The largest absolute Gasteiger partial charge is 0.469 e. The average Bonchev–Trinajstić information content (AvgIpc) is 2.23. The molecular weight excluding hydrogens is 217 g/mol. The van der Waals surface area contributed by atoms with E-state index in [1.54, 1.807) is 0 Å². The number of nitrogens with zero attached hydrogens (tertiary/aromatic N) is 1. The van der Waals surface area contributed by atoms with Gasteiger partial charge in [0.05, 0.1) is 24.5 Å². The van der Waals surface area contributed by atoms with Crippen LogP contribution in [0, 0.1) is 22.9 Å². The second kappa shape index (κ2) is 4.69.